The summed E-state index contributed by atoms with van der Waals surface area (Å²) in [6, 6.07) is 12.4. The Morgan fingerprint density at radius 2 is 1.47 bits per heavy atom. The first-order valence-electron chi connectivity index (χ1n) is 12.8. The number of hydrogen-bond acceptors (Lipinski definition) is 5. The summed E-state index contributed by atoms with van der Waals surface area (Å²) >= 11 is 0. The van der Waals surface area contributed by atoms with Crippen molar-refractivity contribution in [1.82, 2.24) is 5.43 Å². The molecule has 4 bridgehead atoms. The van der Waals surface area contributed by atoms with Gasteiger partial charge in [-0.2, -0.15) is 5.10 Å². The van der Waals surface area contributed by atoms with Crippen LogP contribution in [0.2, 0.25) is 0 Å². The average molecular weight is 490 g/mol. The van der Waals surface area contributed by atoms with E-state index in [-0.39, 0.29) is 17.2 Å². The highest BCUT2D eigenvalue weighted by Gasteiger charge is 2.51. The third-order valence-electron chi connectivity index (χ3n) is 8.26. The van der Waals surface area contributed by atoms with E-state index in [0.717, 1.165) is 29.0 Å². The van der Waals surface area contributed by atoms with Gasteiger partial charge in [0.05, 0.1) is 19.9 Å². The molecular formula is C29H35N3O4. The fourth-order valence-corrected chi connectivity index (χ4v) is 7.07. The Labute approximate surface area is 212 Å². The Balaban J connectivity index is 1.16. The Morgan fingerprint density at radius 3 is 2.06 bits per heavy atom. The van der Waals surface area contributed by atoms with E-state index in [1.165, 1.54) is 45.6 Å². The van der Waals surface area contributed by atoms with Crippen molar-refractivity contribution in [1.29, 1.82) is 0 Å². The van der Waals surface area contributed by atoms with E-state index in [4.69, 9.17) is 9.47 Å². The number of anilines is 1. The van der Waals surface area contributed by atoms with Gasteiger partial charge in [0.25, 0.3) is 5.91 Å². The number of carbonyl (C=O) groups is 2. The largest absolute Gasteiger partial charge is 0.493 e. The van der Waals surface area contributed by atoms with E-state index in [9.17, 15) is 9.59 Å². The SMILES string of the molecule is COc1ccc(C(=O)Nc2ccc(/C(C)=N\NC(=O)CC34CC5CC(CC(C5)C3)C4)cc2)cc1OC. The van der Waals surface area contributed by atoms with Crippen LogP contribution in [0.1, 0.15) is 67.8 Å². The molecule has 0 radical (unpaired) electrons. The monoisotopic (exact) mass is 489 g/mol. The molecule has 2 N–H and O–H groups in total. The smallest absolute Gasteiger partial charge is 0.255 e. The maximum Gasteiger partial charge on any atom is 0.255 e. The number of hydrazone groups is 1. The van der Waals surface area contributed by atoms with E-state index in [1.807, 2.05) is 31.2 Å². The van der Waals surface area contributed by atoms with Crippen molar-refractivity contribution in [3.05, 3.63) is 53.6 Å². The molecule has 0 atom stereocenters. The lowest BCUT2D eigenvalue weighted by Gasteiger charge is -2.56. The molecule has 2 amide bonds. The van der Waals surface area contributed by atoms with E-state index in [1.54, 1.807) is 25.3 Å². The molecule has 0 aromatic heterocycles. The normalized spacial score (nSPS) is 26.4. The van der Waals surface area contributed by atoms with Crippen LogP contribution in [0.4, 0.5) is 5.69 Å². The molecule has 7 nitrogen and oxygen atoms in total. The predicted molar refractivity (Wildman–Crippen MR) is 140 cm³/mol. The molecule has 4 aliphatic carbocycles. The van der Waals surface area contributed by atoms with Crippen LogP contribution in [0, 0.1) is 23.2 Å². The van der Waals surface area contributed by atoms with E-state index in [2.05, 4.69) is 15.8 Å². The van der Waals surface area contributed by atoms with Crippen LogP contribution in [-0.4, -0.2) is 31.7 Å². The average Bonchev–Trinajstić information content (AvgIpc) is 2.86. The van der Waals surface area contributed by atoms with Gasteiger partial charge in [-0.15, -0.1) is 0 Å². The van der Waals surface area contributed by atoms with E-state index >= 15 is 0 Å². The highest BCUT2D eigenvalue weighted by Crippen LogP contribution is 2.61. The van der Waals surface area contributed by atoms with E-state index in [0.29, 0.717) is 29.2 Å². The second-order valence-corrected chi connectivity index (χ2v) is 10.9. The van der Waals surface area contributed by atoms with Gasteiger partial charge in [-0.1, -0.05) is 12.1 Å². The molecule has 2 aromatic carbocycles. The number of methoxy groups -OCH3 is 2. The number of nitrogens with zero attached hydrogens (tertiary/aromatic N) is 1. The van der Waals surface area contributed by atoms with Gasteiger partial charge in [0.15, 0.2) is 11.5 Å². The third-order valence-corrected chi connectivity index (χ3v) is 8.26. The summed E-state index contributed by atoms with van der Waals surface area (Å²) in [5, 5.41) is 7.26. The Kier molecular flexibility index (Phi) is 6.73. The number of carbonyl (C=O) groups excluding carboxylic acids is 2. The molecule has 7 heteroatoms. The first kappa shape index (κ1) is 24.3. The first-order chi connectivity index (χ1) is 17.4. The Morgan fingerprint density at radius 1 is 0.889 bits per heavy atom. The van der Waals surface area contributed by atoms with Crippen LogP contribution >= 0.6 is 0 Å². The quantitative estimate of drug-likeness (QED) is 0.384. The summed E-state index contributed by atoms with van der Waals surface area (Å²) in [5.41, 5.74) is 5.75. The standard InChI is InChI=1S/C29H35N3O4/c1-18(31-32-27(33)17-29-14-19-10-20(15-29)12-21(11-19)16-29)22-4-7-24(8-5-22)30-28(34)23-6-9-25(35-2)26(13-23)36-3/h4-9,13,19-21H,10-12,14-17H2,1-3H3,(H,30,34)(H,32,33)/b31-18-. The maximum absolute atomic E-state index is 12.8. The summed E-state index contributed by atoms with van der Waals surface area (Å²) in [7, 11) is 3.09. The zero-order valence-corrected chi connectivity index (χ0v) is 21.3. The number of ether oxygens (including phenoxy) is 2. The second kappa shape index (κ2) is 9.96. The van der Waals surface area contributed by atoms with Gasteiger partial charge >= 0.3 is 0 Å². The van der Waals surface area contributed by atoms with Crippen molar-refractivity contribution in [2.75, 3.05) is 19.5 Å². The fraction of sp³-hybridized carbons (Fsp3) is 0.483. The Bertz CT molecular complexity index is 1140. The van der Waals surface area contributed by atoms with Gasteiger partial charge in [-0.25, -0.2) is 5.43 Å². The molecular weight excluding hydrogens is 454 g/mol. The van der Waals surface area contributed by atoms with Crippen LogP contribution in [0.3, 0.4) is 0 Å². The Hall–Kier alpha value is -3.35. The van der Waals surface area contributed by atoms with Crippen LogP contribution in [-0.2, 0) is 4.79 Å². The third kappa shape index (κ3) is 5.11. The molecule has 0 unspecified atom stereocenters. The molecule has 0 spiro atoms. The van der Waals surface area contributed by atoms with Gasteiger partial charge in [0.1, 0.15) is 0 Å². The molecule has 0 aliphatic heterocycles. The summed E-state index contributed by atoms with van der Waals surface area (Å²) in [5.74, 6) is 3.34. The zero-order chi connectivity index (χ0) is 25.3. The molecule has 190 valence electrons. The summed E-state index contributed by atoms with van der Waals surface area (Å²) in [6.45, 7) is 1.88. The molecule has 36 heavy (non-hydrogen) atoms. The van der Waals surface area contributed by atoms with Crippen molar-refractivity contribution < 1.29 is 19.1 Å². The molecule has 6 rings (SSSR count). The minimum atomic E-state index is -0.244. The topological polar surface area (TPSA) is 89.0 Å². The van der Waals surface area contributed by atoms with Crippen molar-refractivity contribution in [2.24, 2.45) is 28.3 Å². The minimum Gasteiger partial charge on any atom is -0.493 e. The lowest BCUT2D eigenvalue weighted by Crippen LogP contribution is -2.47. The molecule has 4 fully saturated rings. The highest BCUT2D eigenvalue weighted by atomic mass is 16.5. The number of nitrogens with one attached hydrogen (secondary N) is 2. The molecule has 4 aliphatic rings. The summed E-state index contributed by atoms with van der Waals surface area (Å²) < 4.78 is 10.5. The van der Waals surface area contributed by atoms with Crippen LogP contribution < -0.4 is 20.2 Å². The lowest BCUT2D eigenvalue weighted by atomic mass is 9.49. The molecule has 2 aromatic rings. The van der Waals surface area contributed by atoms with Gasteiger partial charge < -0.3 is 14.8 Å². The number of benzene rings is 2. The fourth-order valence-electron chi connectivity index (χ4n) is 7.07. The highest BCUT2D eigenvalue weighted by molar-refractivity contribution is 6.05. The van der Waals surface area contributed by atoms with Crippen LogP contribution in [0.15, 0.2) is 47.6 Å². The van der Waals surface area contributed by atoms with Crippen LogP contribution in [0.25, 0.3) is 0 Å². The zero-order valence-electron chi connectivity index (χ0n) is 21.3. The second-order valence-electron chi connectivity index (χ2n) is 10.9. The summed E-state index contributed by atoms with van der Waals surface area (Å²) in [6.07, 6.45) is 8.37. The number of rotatable bonds is 8. The maximum atomic E-state index is 12.8. The van der Waals surface area contributed by atoms with Crippen molar-refractivity contribution in [3.8, 4) is 11.5 Å². The van der Waals surface area contributed by atoms with Crippen molar-refractivity contribution >= 4 is 23.2 Å². The van der Waals surface area contributed by atoms with Crippen LogP contribution in [0.5, 0.6) is 11.5 Å². The number of amides is 2. The van der Waals surface area contributed by atoms with Gasteiger partial charge in [0, 0.05) is 17.7 Å². The van der Waals surface area contributed by atoms with Gasteiger partial charge in [0.2, 0.25) is 5.91 Å². The van der Waals surface area contributed by atoms with Gasteiger partial charge in [-0.05, 0) is 105 Å². The van der Waals surface area contributed by atoms with Crippen molar-refractivity contribution in [2.45, 2.75) is 51.9 Å². The number of hydrogen-bond donors (Lipinski definition) is 2. The summed E-state index contributed by atoms with van der Waals surface area (Å²) in [4.78, 5) is 25.4. The first-order valence-corrected chi connectivity index (χ1v) is 12.8. The molecule has 4 saturated carbocycles. The predicted octanol–water partition coefficient (Wildman–Crippen LogP) is 5.40. The van der Waals surface area contributed by atoms with E-state index < -0.39 is 0 Å². The van der Waals surface area contributed by atoms with Gasteiger partial charge in [-0.3, -0.25) is 9.59 Å². The minimum absolute atomic E-state index is 0.0232. The molecule has 0 heterocycles. The van der Waals surface area contributed by atoms with Crippen molar-refractivity contribution in [3.63, 3.8) is 0 Å². The molecule has 0 saturated heterocycles. The lowest BCUT2D eigenvalue weighted by molar-refractivity contribution is -0.129.